The molecule has 0 aliphatic carbocycles. The highest BCUT2D eigenvalue weighted by Gasteiger charge is 2.17. The molecule has 0 radical (unpaired) electrons. The second-order valence-electron chi connectivity index (χ2n) is 4.57. The molecule has 0 unspecified atom stereocenters. The summed E-state index contributed by atoms with van der Waals surface area (Å²) in [6.07, 6.45) is 0. The van der Waals surface area contributed by atoms with Gasteiger partial charge < -0.3 is 14.9 Å². The Balaban J connectivity index is 2.27. The molecule has 0 bridgehead atoms. The van der Waals surface area contributed by atoms with Crippen LogP contribution in [-0.4, -0.2) is 23.7 Å². The number of benzene rings is 2. The van der Waals surface area contributed by atoms with Crippen LogP contribution in [0.4, 0.5) is 10.1 Å². The predicted molar refractivity (Wildman–Crippen MR) is 79.4 cm³/mol. The molecule has 0 saturated carbocycles. The van der Waals surface area contributed by atoms with Crippen LogP contribution < -0.4 is 10.4 Å². The van der Waals surface area contributed by atoms with Crippen LogP contribution in [0.15, 0.2) is 48.5 Å². The summed E-state index contributed by atoms with van der Waals surface area (Å²) in [6.45, 7) is 3.16. The number of halogens is 1. The second-order valence-corrected chi connectivity index (χ2v) is 4.57. The van der Waals surface area contributed by atoms with E-state index < -0.39 is 7.12 Å². The monoisotopic (exact) mass is 273 g/mol. The van der Waals surface area contributed by atoms with Crippen molar-refractivity contribution in [1.29, 1.82) is 0 Å². The van der Waals surface area contributed by atoms with Crippen molar-refractivity contribution in [3.05, 3.63) is 59.9 Å². The molecule has 0 atom stereocenters. The second kappa shape index (κ2) is 6.54. The van der Waals surface area contributed by atoms with Crippen LogP contribution >= 0.6 is 0 Å². The summed E-state index contributed by atoms with van der Waals surface area (Å²) >= 11 is 0. The lowest BCUT2D eigenvalue weighted by molar-refractivity contribution is 0.425. The van der Waals surface area contributed by atoms with E-state index in [4.69, 9.17) is 0 Å². The Labute approximate surface area is 118 Å². The van der Waals surface area contributed by atoms with Gasteiger partial charge in [0.15, 0.2) is 0 Å². The average molecular weight is 273 g/mol. The fraction of sp³-hybridized carbons (Fsp3) is 0.200. The van der Waals surface area contributed by atoms with Gasteiger partial charge in [-0.1, -0.05) is 30.3 Å². The largest absolute Gasteiger partial charge is 0.488 e. The van der Waals surface area contributed by atoms with Crippen LogP contribution in [-0.2, 0) is 6.54 Å². The molecule has 0 saturated heterocycles. The first-order valence-electron chi connectivity index (χ1n) is 6.56. The first kappa shape index (κ1) is 14.6. The Morgan fingerprint density at radius 2 is 1.85 bits per heavy atom. The van der Waals surface area contributed by atoms with Crippen molar-refractivity contribution < 1.29 is 14.4 Å². The molecule has 2 N–H and O–H groups in total. The Bertz CT molecular complexity index is 577. The number of rotatable bonds is 5. The highest BCUT2D eigenvalue weighted by Crippen LogP contribution is 2.17. The topological polar surface area (TPSA) is 43.7 Å². The summed E-state index contributed by atoms with van der Waals surface area (Å²) in [6, 6.07) is 13.5. The molecule has 0 aromatic heterocycles. The lowest BCUT2D eigenvalue weighted by atomic mass is 9.77. The van der Waals surface area contributed by atoms with E-state index in [1.807, 2.05) is 30.0 Å². The molecule has 0 spiro atoms. The van der Waals surface area contributed by atoms with E-state index >= 15 is 0 Å². The molecular formula is C15H17BFNO2. The van der Waals surface area contributed by atoms with Crippen molar-refractivity contribution in [1.82, 2.24) is 0 Å². The van der Waals surface area contributed by atoms with E-state index in [-0.39, 0.29) is 5.82 Å². The third-order valence-electron chi connectivity index (χ3n) is 3.25. The van der Waals surface area contributed by atoms with Crippen molar-refractivity contribution in [2.75, 3.05) is 11.4 Å². The van der Waals surface area contributed by atoms with Crippen LogP contribution in [0, 0.1) is 5.82 Å². The summed E-state index contributed by atoms with van der Waals surface area (Å²) in [4.78, 5) is 1.98. The maximum Gasteiger partial charge on any atom is 0.488 e. The minimum Gasteiger partial charge on any atom is -0.423 e. The van der Waals surface area contributed by atoms with Crippen LogP contribution in [0.3, 0.4) is 0 Å². The van der Waals surface area contributed by atoms with Crippen molar-refractivity contribution in [2.24, 2.45) is 0 Å². The summed E-state index contributed by atoms with van der Waals surface area (Å²) in [5, 5.41) is 18.8. The third-order valence-corrected chi connectivity index (χ3v) is 3.25. The highest BCUT2D eigenvalue weighted by molar-refractivity contribution is 6.59. The fourth-order valence-electron chi connectivity index (χ4n) is 2.19. The van der Waals surface area contributed by atoms with E-state index in [1.54, 1.807) is 18.2 Å². The Morgan fingerprint density at radius 3 is 2.50 bits per heavy atom. The minimum absolute atomic E-state index is 0.281. The van der Waals surface area contributed by atoms with Gasteiger partial charge in [0.05, 0.1) is 0 Å². The SMILES string of the molecule is CCN(Cc1ccccc1B(O)O)c1cccc(F)c1. The van der Waals surface area contributed by atoms with Gasteiger partial charge in [0.25, 0.3) is 0 Å². The van der Waals surface area contributed by atoms with Gasteiger partial charge in [-0.15, -0.1) is 0 Å². The van der Waals surface area contributed by atoms with E-state index in [2.05, 4.69) is 0 Å². The molecule has 0 fully saturated rings. The number of anilines is 1. The Kier molecular flexibility index (Phi) is 4.77. The zero-order valence-corrected chi connectivity index (χ0v) is 11.3. The quantitative estimate of drug-likeness (QED) is 0.812. The van der Waals surface area contributed by atoms with Crippen LogP contribution in [0.5, 0.6) is 0 Å². The lowest BCUT2D eigenvalue weighted by Gasteiger charge is -2.24. The van der Waals surface area contributed by atoms with Crippen LogP contribution in [0.25, 0.3) is 0 Å². The molecule has 5 heteroatoms. The van der Waals surface area contributed by atoms with Gasteiger partial charge in [0, 0.05) is 18.8 Å². The summed E-state index contributed by atoms with van der Waals surface area (Å²) < 4.78 is 13.3. The van der Waals surface area contributed by atoms with Crippen molar-refractivity contribution in [2.45, 2.75) is 13.5 Å². The minimum atomic E-state index is -1.50. The predicted octanol–water partition coefficient (Wildman–Crippen LogP) is 1.53. The molecule has 3 nitrogen and oxygen atoms in total. The molecule has 0 heterocycles. The van der Waals surface area contributed by atoms with Crippen molar-refractivity contribution in [3.8, 4) is 0 Å². The molecule has 0 aliphatic heterocycles. The van der Waals surface area contributed by atoms with E-state index in [0.29, 0.717) is 18.6 Å². The number of hydrogen-bond donors (Lipinski definition) is 2. The molecule has 2 aromatic rings. The van der Waals surface area contributed by atoms with Gasteiger partial charge in [0.1, 0.15) is 5.82 Å². The van der Waals surface area contributed by atoms with E-state index in [1.165, 1.54) is 12.1 Å². The van der Waals surface area contributed by atoms with Gasteiger partial charge in [-0.05, 0) is 36.1 Å². The van der Waals surface area contributed by atoms with E-state index in [0.717, 1.165) is 11.3 Å². The van der Waals surface area contributed by atoms with E-state index in [9.17, 15) is 14.4 Å². The average Bonchev–Trinajstić information content (AvgIpc) is 2.45. The smallest absolute Gasteiger partial charge is 0.423 e. The van der Waals surface area contributed by atoms with Crippen molar-refractivity contribution in [3.63, 3.8) is 0 Å². The first-order valence-corrected chi connectivity index (χ1v) is 6.56. The highest BCUT2D eigenvalue weighted by atomic mass is 19.1. The Hall–Kier alpha value is -1.85. The van der Waals surface area contributed by atoms with Gasteiger partial charge in [-0.25, -0.2) is 4.39 Å². The third kappa shape index (κ3) is 3.38. The molecule has 0 aliphatic rings. The van der Waals surface area contributed by atoms with Crippen LogP contribution in [0.1, 0.15) is 12.5 Å². The molecular weight excluding hydrogens is 256 g/mol. The van der Waals surface area contributed by atoms with Crippen molar-refractivity contribution >= 4 is 18.3 Å². The fourth-order valence-corrected chi connectivity index (χ4v) is 2.19. The summed E-state index contributed by atoms with van der Waals surface area (Å²) in [5.41, 5.74) is 2.06. The maximum absolute atomic E-state index is 13.3. The van der Waals surface area contributed by atoms with Gasteiger partial charge in [-0.3, -0.25) is 0 Å². The molecule has 20 heavy (non-hydrogen) atoms. The van der Waals surface area contributed by atoms with Gasteiger partial charge in [-0.2, -0.15) is 0 Å². The molecule has 104 valence electrons. The van der Waals surface area contributed by atoms with Gasteiger partial charge >= 0.3 is 7.12 Å². The summed E-state index contributed by atoms with van der Waals surface area (Å²) in [7, 11) is -1.50. The number of nitrogens with zero attached hydrogens (tertiary/aromatic N) is 1. The van der Waals surface area contributed by atoms with Gasteiger partial charge in [0.2, 0.25) is 0 Å². The summed E-state index contributed by atoms with van der Waals surface area (Å²) in [5.74, 6) is -0.281. The number of hydrogen-bond acceptors (Lipinski definition) is 3. The molecule has 2 rings (SSSR count). The Morgan fingerprint density at radius 1 is 1.10 bits per heavy atom. The van der Waals surface area contributed by atoms with Crippen LogP contribution in [0.2, 0.25) is 0 Å². The molecule has 0 amide bonds. The standard InChI is InChI=1S/C15H17BFNO2/c1-2-18(14-8-5-7-13(17)10-14)11-12-6-3-4-9-15(12)16(19)20/h3-10,19-20H,2,11H2,1H3. The normalized spacial score (nSPS) is 10.4. The first-order chi connectivity index (χ1) is 9.61. The zero-order valence-electron chi connectivity index (χ0n) is 11.3. The molecule has 2 aromatic carbocycles. The zero-order chi connectivity index (χ0) is 14.5. The lowest BCUT2D eigenvalue weighted by Crippen LogP contribution is -2.35. The maximum atomic E-state index is 13.3.